The molecule has 1 fully saturated rings. The molecule has 3 rings (SSSR count). The van der Waals surface area contributed by atoms with E-state index in [2.05, 4.69) is 20.0 Å². The van der Waals surface area contributed by atoms with Crippen molar-refractivity contribution in [3.05, 3.63) is 35.2 Å². The zero-order chi connectivity index (χ0) is 15.5. The maximum absolute atomic E-state index is 11.9. The summed E-state index contributed by atoms with van der Waals surface area (Å²) in [6, 6.07) is 0. The summed E-state index contributed by atoms with van der Waals surface area (Å²) in [5.41, 5.74) is 1.92. The van der Waals surface area contributed by atoms with E-state index >= 15 is 0 Å². The van der Waals surface area contributed by atoms with Gasteiger partial charge in [0, 0.05) is 43.4 Å². The van der Waals surface area contributed by atoms with Gasteiger partial charge in [-0.15, -0.1) is 0 Å². The molecule has 6 heteroatoms. The van der Waals surface area contributed by atoms with E-state index in [-0.39, 0.29) is 5.91 Å². The highest BCUT2D eigenvalue weighted by molar-refractivity contribution is 5.76. The van der Waals surface area contributed by atoms with Crippen LogP contribution in [-0.4, -0.2) is 27.2 Å². The Kier molecular flexibility index (Phi) is 4.27. The smallest absolute Gasteiger partial charge is 0.220 e. The van der Waals surface area contributed by atoms with Crippen LogP contribution in [0.2, 0.25) is 0 Å². The van der Waals surface area contributed by atoms with Crippen LogP contribution in [0.25, 0.3) is 0 Å². The molecule has 0 radical (unpaired) electrons. The van der Waals surface area contributed by atoms with Gasteiger partial charge in [0.15, 0.2) is 0 Å². The molecule has 118 valence electrons. The molecule has 6 nitrogen and oxygen atoms in total. The number of carbonyl (C=O) groups is 1. The number of rotatable bonds is 7. The van der Waals surface area contributed by atoms with Gasteiger partial charge in [0.05, 0.1) is 5.69 Å². The van der Waals surface area contributed by atoms with E-state index < -0.39 is 0 Å². The Bertz CT molecular complexity index is 635. The molecule has 2 aromatic heterocycles. The van der Waals surface area contributed by atoms with Gasteiger partial charge >= 0.3 is 0 Å². The van der Waals surface area contributed by atoms with Gasteiger partial charge in [0.1, 0.15) is 11.6 Å². The van der Waals surface area contributed by atoms with E-state index in [1.165, 1.54) is 12.8 Å². The van der Waals surface area contributed by atoms with Crippen molar-refractivity contribution < 1.29 is 9.32 Å². The zero-order valence-corrected chi connectivity index (χ0v) is 13.1. The van der Waals surface area contributed by atoms with Crippen LogP contribution in [0.1, 0.15) is 48.0 Å². The molecule has 2 heterocycles. The normalized spacial score (nSPS) is 14.3. The molecule has 0 aromatic carbocycles. The van der Waals surface area contributed by atoms with Gasteiger partial charge in [-0.1, -0.05) is 5.16 Å². The summed E-state index contributed by atoms with van der Waals surface area (Å²) < 4.78 is 7.25. The highest BCUT2D eigenvalue weighted by atomic mass is 16.5. The monoisotopic (exact) mass is 302 g/mol. The van der Waals surface area contributed by atoms with E-state index in [0.717, 1.165) is 29.4 Å². The minimum atomic E-state index is 0.0630. The molecule has 0 bridgehead atoms. The summed E-state index contributed by atoms with van der Waals surface area (Å²) >= 11 is 0. The van der Waals surface area contributed by atoms with Crippen LogP contribution >= 0.6 is 0 Å². The number of aromatic nitrogens is 3. The first-order chi connectivity index (χ1) is 10.6. The van der Waals surface area contributed by atoms with Gasteiger partial charge in [-0.2, -0.15) is 0 Å². The van der Waals surface area contributed by atoms with E-state index in [0.29, 0.717) is 25.3 Å². The molecule has 2 aromatic rings. The third-order valence-electron chi connectivity index (χ3n) is 4.15. The van der Waals surface area contributed by atoms with Crippen LogP contribution < -0.4 is 5.32 Å². The predicted octanol–water partition coefficient (Wildman–Crippen LogP) is 2.11. The molecule has 0 spiro atoms. The number of amides is 1. The molecular weight excluding hydrogens is 280 g/mol. The maximum Gasteiger partial charge on any atom is 0.220 e. The fraction of sp³-hybridized carbons (Fsp3) is 0.562. The summed E-state index contributed by atoms with van der Waals surface area (Å²) in [6.45, 7) is 5.20. The Labute approximate surface area is 129 Å². The average molecular weight is 302 g/mol. The van der Waals surface area contributed by atoms with Gasteiger partial charge in [-0.3, -0.25) is 4.79 Å². The lowest BCUT2D eigenvalue weighted by molar-refractivity contribution is -0.121. The number of hydrogen-bond acceptors (Lipinski definition) is 4. The van der Waals surface area contributed by atoms with Crippen molar-refractivity contribution in [2.75, 3.05) is 6.54 Å². The van der Waals surface area contributed by atoms with Crippen molar-refractivity contribution in [2.24, 2.45) is 0 Å². The van der Waals surface area contributed by atoms with Crippen LogP contribution in [0.15, 0.2) is 16.9 Å². The van der Waals surface area contributed by atoms with Crippen molar-refractivity contribution in [3.63, 3.8) is 0 Å². The number of hydrogen-bond donors (Lipinski definition) is 1. The van der Waals surface area contributed by atoms with Crippen molar-refractivity contribution in [1.29, 1.82) is 0 Å². The van der Waals surface area contributed by atoms with Crippen molar-refractivity contribution in [1.82, 2.24) is 20.0 Å². The van der Waals surface area contributed by atoms with Crippen LogP contribution in [0.4, 0.5) is 0 Å². The van der Waals surface area contributed by atoms with E-state index in [1.807, 2.05) is 26.2 Å². The molecule has 0 unspecified atom stereocenters. The fourth-order valence-corrected chi connectivity index (χ4v) is 2.71. The highest BCUT2D eigenvalue weighted by Crippen LogP contribution is 2.38. The second kappa shape index (κ2) is 6.34. The number of nitrogens with zero attached hydrogens (tertiary/aromatic N) is 3. The lowest BCUT2D eigenvalue weighted by Crippen LogP contribution is -2.27. The molecule has 0 saturated heterocycles. The second-order valence-electron chi connectivity index (χ2n) is 5.91. The Morgan fingerprint density at radius 2 is 2.27 bits per heavy atom. The van der Waals surface area contributed by atoms with Crippen molar-refractivity contribution in [2.45, 2.75) is 52.0 Å². The highest BCUT2D eigenvalue weighted by Gasteiger charge is 2.27. The van der Waals surface area contributed by atoms with Crippen molar-refractivity contribution >= 4 is 5.91 Å². The Balaban J connectivity index is 1.42. The summed E-state index contributed by atoms with van der Waals surface area (Å²) in [5.74, 6) is 2.65. The van der Waals surface area contributed by atoms with Crippen LogP contribution in [0.5, 0.6) is 0 Å². The number of nitrogens with one attached hydrogen (secondary N) is 1. The SMILES string of the molecule is Cc1noc(C)c1CCC(=O)NCCn1ccnc1C1CC1. The largest absolute Gasteiger partial charge is 0.361 e. The van der Waals surface area contributed by atoms with Crippen LogP contribution in [0.3, 0.4) is 0 Å². The molecule has 1 saturated carbocycles. The first-order valence-electron chi connectivity index (χ1n) is 7.84. The molecule has 0 atom stereocenters. The van der Waals surface area contributed by atoms with E-state index in [1.54, 1.807) is 0 Å². The Morgan fingerprint density at radius 3 is 2.95 bits per heavy atom. The van der Waals surface area contributed by atoms with Gasteiger partial charge in [-0.25, -0.2) is 4.98 Å². The molecule has 1 aliphatic rings. The average Bonchev–Trinajstić information content (AvgIpc) is 3.15. The molecule has 1 amide bonds. The van der Waals surface area contributed by atoms with Crippen LogP contribution in [-0.2, 0) is 17.8 Å². The first-order valence-corrected chi connectivity index (χ1v) is 7.84. The zero-order valence-electron chi connectivity index (χ0n) is 13.1. The summed E-state index contributed by atoms with van der Waals surface area (Å²) in [7, 11) is 0. The number of aryl methyl sites for hydroxylation is 2. The molecule has 0 aliphatic heterocycles. The standard InChI is InChI=1S/C16H22N4O2/c1-11-14(12(2)22-19-11)5-6-15(21)17-7-9-20-10-8-18-16(20)13-3-4-13/h8,10,13H,3-7,9H2,1-2H3,(H,17,21). The summed E-state index contributed by atoms with van der Waals surface area (Å²) in [5, 5.41) is 6.88. The quantitative estimate of drug-likeness (QED) is 0.850. The first kappa shape index (κ1) is 14.8. The molecule has 22 heavy (non-hydrogen) atoms. The maximum atomic E-state index is 11.9. The molecule has 1 aliphatic carbocycles. The van der Waals surface area contributed by atoms with Crippen LogP contribution in [0, 0.1) is 13.8 Å². The number of carbonyl (C=O) groups excluding carboxylic acids is 1. The van der Waals surface area contributed by atoms with Crippen molar-refractivity contribution in [3.8, 4) is 0 Å². The third-order valence-corrected chi connectivity index (χ3v) is 4.15. The lowest BCUT2D eigenvalue weighted by Gasteiger charge is -2.08. The topological polar surface area (TPSA) is 73.0 Å². The molecule has 1 N–H and O–H groups in total. The van der Waals surface area contributed by atoms with Gasteiger partial charge in [0.25, 0.3) is 0 Å². The summed E-state index contributed by atoms with van der Waals surface area (Å²) in [4.78, 5) is 16.3. The lowest BCUT2D eigenvalue weighted by atomic mass is 10.1. The third kappa shape index (κ3) is 3.37. The predicted molar refractivity (Wildman–Crippen MR) is 81.5 cm³/mol. The fourth-order valence-electron chi connectivity index (χ4n) is 2.71. The number of imidazole rings is 1. The van der Waals surface area contributed by atoms with Gasteiger partial charge < -0.3 is 14.4 Å². The van der Waals surface area contributed by atoms with Gasteiger partial charge in [0.2, 0.25) is 5.91 Å². The second-order valence-corrected chi connectivity index (χ2v) is 5.91. The minimum Gasteiger partial charge on any atom is -0.361 e. The Morgan fingerprint density at radius 1 is 1.45 bits per heavy atom. The van der Waals surface area contributed by atoms with Gasteiger partial charge in [-0.05, 0) is 33.1 Å². The van der Waals surface area contributed by atoms with E-state index in [9.17, 15) is 4.79 Å². The van der Waals surface area contributed by atoms with E-state index in [4.69, 9.17) is 4.52 Å². The minimum absolute atomic E-state index is 0.0630. The summed E-state index contributed by atoms with van der Waals surface area (Å²) in [6.07, 6.45) is 7.44. The molecular formula is C16H22N4O2. The Hall–Kier alpha value is -2.11.